The number of rotatable bonds is 5. The number of anilines is 1. The smallest absolute Gasteiger partial charge is 0.0642 e. The molecule has 0 bridgehead atoms. The first-order chi connectivity index (χ1) is 9.15. The predicted molar refractivity (Wildman–Crippen MR) is 85.3 cm³/mol. The number of halogens is 1. The van der Waals surface area contributed by atoms with Crippen molar-refractivity contribution in [3.63, 3.8) is 0 Å². The number of thiophene rings is 1. The fourth-order valence-electron chi connectivity index (χ4n) is 2.23. The summed E-state index contributed by atoms with van der Waals surface area (Å²) in [5.41, 5.74) is 7.99. The average molecular weight is 295 g/mol. The topological polar surface area (TPSA) is 29.3 Å². The van der Waals surface area contributed by atoms with Gasteiger partial charge in [0.1, 0.15) is 0 Å². The Morgan fingerprint density at radius 3 is 2.74 bits per heavy atom. The van der Waals surface area contributed by atoms with Crippen LogP contribution in [0, 0.1) is 0 Å². The van der Waals surface area contributed by atoms with E-state index < -0.39 is 0 Å². The van der Waals surface area contributed by atoms with Gasteiger partial charge < -0.3 is 10.6 Å². The van der Waals surface area contributed by atoms with Gasteiger partial charge in [0, 0.05) is 11.9 Å². The van der Waals surface area contributed by atoms with Crippen LogP contribution in [0.3, 0.4) is 0 Å². The van der Waals surface area contributed by atoms with Crippen molar-refractivity contribution < 1.29 is 0 Å². The first-order valence-electron chi connectivity index (χ1n) is 6.39. The summed E-state index contributed by atoms with van der Waals surface area (Å²) in [7, 11) is 2.09. The van der Waals surface area contributed by atoms with Gasteiger partial charge in [0.25, 0.3) is 0 Å². The van der Waals surface area contributed by atoms with Crippen molar-refractivity contribution >= 4 is 28.6 Å². The third kappa shape index (κ3) is 3.11. The third-order valence-electron chi connectivity index (χ3n) is 3.37. The van der Waals surface area contributed by atoms with Gasteiger partial charge in [-0.25, -0.2) is 0 Å². The van der Waals surface area contributed by atoms with Crippen LogP contribution in [-0.4, -0.2) is 13.6 Å². The number of hydrogen-bond acceptors (Lipinski definition) is 3. The minimum atomic E-state index is 0.302. The normalized spacial score (nSPS) is 12.4. The summed E-state index contributed by atoms with van der Waals surface area (Å²) in [4.78, 5) is 3.57. The van der Waals surface area contributed by atoms with Crippen molar-refractivity contribution in [2.75, 3.05) is 18.5 Å². The van der Waals surface area contributed by atoms with E-state index in [1.807, 2.05) is 12.1 Å². The zero-order valence-corrected chi connectivity index (χ0v) is 12.8. The van der Waals surface area contributed by atoms with Gasteiger partial charge in [-0.05, 0) is 43.0 Å². The number of nitrogens with two attached hydrogens (primary N) is 1. The van der Waals surface area contributed by atoms with E-state index in [2.05, 4.69) is 42.5 Å². The summed E-state index contributed by atoms with van der Waals surface area (Å²) in [5.74, 6) is 0. The molecule has 0 fully saturated rings. The lowest BCUT2D eigenvalue weighted by Crippen LogP contribution is -2.23. The molecule has 0 aliphatic heterocycles. The summed E-state index contributed by atoms with van der Waals surface area (Å²) in [6.45, 7) is 2.83. The molecule has 0 aliphatic carbocycles. The lowest BCUT2D eigenvalue weighted by molar-refractivity contribution is 0.747. The quantitative estimate of drug-likeness (QED) is 0.899. The minimum absolute atomic E-state index is 0.302. The molecule has 2 rings (SSSR count). The van der Waals surface area contributed by atoms with E-state index in [9.17, 15) is 0 Å². The van der Waals surface area contributed by atoms with Crippen LogP contribution in [0.15, 0.2) is 35.7 Å². The van der Waals surface area contributed by atoms with Gasteiger partial charge in [-0.1, -0.05) is 29.8 Å². The minimum Gasteiger partial charge on any atom is -0.366 e. The lowest BCUT2D eigenvalue weighted by Gasteiger charge is -2.29. The second-order valence-electron chi connectivity index (χ2n) is 4.59. The second-order valence-corrected chi connectivity index (χ2v) is 5.98. The molecular weight excluding hydrogens is 276 g/mol. The van der Waals surface area contributed by atoms with Crippen LogP contribution in [0.2, 0.25) is 5.02 Å². The van der Waals surface area contributed by atoms with Crippen LogP contribution in [-0.2, 0) is 6.42 Å². The Kier molecular flexibility index (Phi) is 4.86. The van der Waals surface area contributed by atoms with Crippen molar-refractivity contribution in [3.8, 4) is 0 Å². The largest absolute Gasteiger partial charge is 0.366 e. The van der Waals surface area contributed by atoms with Crippen LogP contribution in [0.4, 0.5) is 5.69 Å². The van der Waals surface area contributed by atoms with Crippen LogP contribution in [0.5, 0.6) is 0 Å². The zero-order valence-electron chi connectivity index (χ0n) is 11.3. The molecule has 0 saturated carbocycles. The van der Waals surface area contributed by atoms with Gasteiger partial charge in [0.2, 0.25) is 0 Å². The summed E-state index contributed by atoms with van der Waals surface area (Å²) >= 11 is 8.16. The molecule has 1 aromatic heterocycles. The highest BCUT2D eigenvalue weighted by Crippen LogP contribution is 2.35. The van der Waals surface area contributed by atoms with Gasteiger partial charge in [-0.2, -0.15) is 0 Å². The van der Waals surface area contributed by atoms with Crippen molar-refractivity contribution in [2.45, 2.75) is 19.4 Å². The van der Waals surface area contributed by atoms with Gasteiger partial charge in [0.05, 0.1) is 16.8 Å². The first-order valence-corrected chi connectivity index (χ1v) is 7.64. The van der Waals surface area contributed by atoms with Crippen LogP contribution >= 0.6 is 22.9 Å². The van der Waals surface area contributed by atoms with Gasteiger partial charge >= 0.3 is 0 Å². The van der Waals surface area contributed by atoms with Crippen LogP contribution in [0.25, 0.3) is 0 Å². The van der Waals surface area contributed by atoms with E-state index in [-0.39, 0.29) is 0 Å². The molecule has 1 aromatic carbocycles. The van der Waals surface area contributed by atoms with E-state index in [1.54, 1.807) is 11.3 Å². The Balaban J connectivity index is 2.35. The maximum Gasteiger partial charge on any atom is 0.0642 e. The SMILES string of the molecule is CC(c1cccs1)N(C)c1c(Cl)cccc1CCN. The van der Waals surface area contributed by atoms with Crippen molar-refractivity contribution in [1.82, 2.24) is 0 Å². The van der Waals surface area contributed by atoms with Crippen molar-refractivity contribution in [3.05, 3.63) is 51.2 Å². The summed E-state index contributed by atoms with van der Waals surface area (Å²) < 4.78 is 0. The molecule has 1 heterocycles. The summed E-state index contributed by atoms with van der Waals surface area (Å²) in [5, 5.41) is 2.89. The Bertz CT molecular complexity index is 525. The molecule has 0 aliphatic rings. The lowest BCUT2D eigenvalue weighted by atomic mass is 10.1. The van der Waals surface area contributed by atoms with E-state index >= 15 is 0 Å². The summed E-state index contributed by atoms with van der Waals surface area (Å²) in [6, 6.07) is 10.6. The number of hydrogen-bond donors (Lipinski definition) is 1. The number of para-hydroxylation sites is 1. The molecule has 1 atom stereocenters. The molecule has 1 unspecified atom stereocenters. The Morgan fingerprint density at radius 1 is 1.32 bits per heavy atom. The Labute approximate surface area is 123 Å². The van der Waals surface area contributed by atoms with Gasteiger partial charge in [-0.15, -0.1) is 11.3 Å². The highest BCUT2D eigenvalue weighted by Gasteiger charge is 2.18. The molecule has 102 valence electrons. The van der Waals surface area contributed by atoms with Crippen molar-refractivity contribution in [1.29, 1.82) is 0 Å². The third-order valence-corrected chi connectivity index (χ3v) is 4.72. The standard InChI is InChI=1S/C15H19ClN2S/c1-11(14-7-4-10-19-14)18(2)15-12(8-9-17)5-3-6-13(15)16/h3-7,10-11H,8-9,17H2,1-2H3. The second kappa shape index (κ2) is 6.42. The molecule has 0 saturated heterocycles. The molecule has 2 aromatic rings. The number of benzene rings is 1. The number of nitrogens with zero attached hydrogens (tertiary/aromatic N) is 1. The molecule has 19 heavy (non-hydrogen) atoms. The molecule has 4 heteroatoms. The Morgan fingerprint density at radius 2 is 2.11 bits per heavy atom. The molecule has 0 amide bonds. The molecule has 2 nitrogen and oxygen atoms in total. The molecule has 0 radical (unpaired) electrons. The summed E-state index contributed by atoms with van der Waals surface area (Å²) in [6.07, 6.45) is 0.845. The molecular formula is C15H19ClN2S. The van der Waals surface area contributed by atoms with Crippen LogP contribution in [0.1, 0.15) is 23.4 Å². The fraction of sp³-hybridized carbons (Fsp3) is 0.333. The maximum absolute atomic E-state index is 6.39. The highest BCUT2D eigenvalue weighted by atomic mass is 35.5. The van der Waals surface area contributed by atoms with E-state index in [0.29, 0.717) is 12.6 Å². The molecule has 2 N–H and O–H groups in total. The predicted octanol–water partition coefficient (Wildman–Crippen LogP) is 4.10. The van der Waals surface area contributed by atoms with Gasteiger partial charge in [-0.3, -0.25) is 0 Å². The Hall–Kier alpha value is -1.03. The zero-order chi connectivity index (χ0) is 13.8. The van der Waals surface area contributed by atoms with Crippen molar-refractivity contribution in [2.24, 2.45) is 5.73 Å². The fourth-order valence-corrected chi connectivity index (χ4v) is 3.38. The van der Waals surface area contributed by atoms with Gasteiger partial charge in [0.15, 0.2) is 0 Å². The average Bonchev–Trinajstić information content (AvgIpc) is 2.91. The monoisotopic (exact) mass is 294 g/mol. The van der Waals surface area contributed by atoms with Crippen LogP contribution < -0.4 is 10.6 Å². The van der Waals surface area contributed by atoms with E-state index in [0.717, 1.165) is 17.1 Å². The maximum atomic E-state index is 6.39. The first kappa shape index (κ1) is 14.4. The van der Waals surface area contributed by atoms with E-state index in [4.69, 9.17) is 17.3 Å². The highest BCUT2D eigenvalue weighted by molar-refractivity contribution is 7.10. The van der Waals surface area contributed by atoms with E-state index in [1.165, 1.54) is 10.4 Å². The molecule has 0 spiro atoms.